The van der Waals surface area contributed by atoms with Crippen LogP contribution >= 0.6 is 0 Å². The topological polar surface area (TPSA) is 70.7 Å². The average molecular weight is 274 g/mol. The van der Waals surface area contributed by atoms with E-state index in [1.165, 1.54) is 0 Å². The number of para-hydroxylation sites is 1. The number of carbonyl (C=O) groups excluding carboxylic acids is 1. The molecule has 0 radical (unpaired) electrons. The molecular weight excluding hydrogens is 252 g/mol. The molecule has 5 heteroatoms. The molecule has 0 aliphatic carbocycles. The number of rotatable bonds is 5. The summed E-state index contributed by atoms with van der Waals surface area (Å²) in [5.74, 6) is 1.08. The lowest BCUT2D eigenvalue weighted by molar-refractivity contribution is -0.117. The fraction of sp³-hybridized carbons (Fsp3) is 0.467. The van der Waals surface area contributed by atoms with Crippen molar-refractivity contribution in [1.29, 1.82) is 0 Å². The van der Waals surface area contributed by atoms with E-state index in [1.807, 2.05) is 24.3 Å². The number of nitrogens with two attached hydrogens (primary N) is 1. The summed E-state index contributed by atoms with van der Waals surface area (Å²) in [6.45, 7) is 6.11. The molecule has 1 heterocycles. The maximum atomic E-state index is 12.0. The molecule has 1 aliphatic heterocycles. The van der Waals surface area contributed by atoms with Crippen LogP contribution in [0.3, 0.4) is 0 Å². The number of amides is 1. The SMILES string of the molecule is CC(C)CN=C(N)NCCN1C(=O)Cc2ccccc21. The molecule has 2 rings (SSSR count). The number of anilines is 1. The molecule has 0 aromatic heterocycles. The highest BCUT2D eigenvalue weighted by molar-refractivity contribution is 6.01. The first-order valence-corrected chi connectivity index (χ1v) is 7.00. The van der Waals surface area contributed by atoms with Crippen LogP contribution in [-0.4, -0.2) is 31.5 Å². The van der Waals surface area contributed by atoms with Gasteiger partial charge in [0.05, 0.1) is 6.42 Å². The zero-order valence-corrected chi connectivity index (χ0v) is 12.1. The molecule has 3 N–H and O–H groups in total. The number of nitrogens with one attached hydrogen (secondary N) is 1. The number of guanidine groups is 1. The Bertz CT molecular complexity index is 510. The first-order valence-electron chi connectivity index (χ1n) is 7.00. The van der Waals surface area contributed by atoms with Crippen molar-refractivity contribution in [2.75, 3.05) is 24.5 Å². The Morgan fingerprint density at radius 3 is 2.95 bits per heavy atom. The van der Waals surface area contributed by atoms with Crippen LogP contribution in [0.1, 0.15) is 19.4 Å². The molecule has 1 aromatic carbocycles. The number of fused-ring (bicyclic) bond motifs is 1. The molecule has 0 saturated carbocycles. The molecule has 1 aliphatic rings. The van der Waals surface area contributed by atoms with E-state index in [4.69, 9.17) is 5.73 Å². The number of hydrogen-bond acceptors (Lipinski definition) is 2. The van der Waals surface area contributed by atoms with Gasteiger partial charge in [0.1, 0.15) is 0 Å². The van der Waals surface area contributed by atoms with Gasteiger partial charge in [0, 0.05) is 25.3 Å². The van der Waals surface area contributed by atoms with Gasteiger partial charge in [-0.15, -0.1) is 0 Å². The zero-order valence-electron chi connectivity index (χ0n) is 12.1. The van der Waals surface area contributed by atoms with Gasteiger partial charge in [-0.2, -0.15) is 0 Å². The largest absolute Gasteiger partial charge is 0.370 e. The Morgan fingerprint density at radius 1 is 1.45 bits per heavy atom. The van der Waals surface area contributed by atoms with Crippen LogP contribution in [0.2, 0.25) is 0 Å². The van der Waals surface area contributed by atoms with E-state index in [9.17, 15) is 4.79 Å². The van der Waals surface area contributed by atoms with Gasteiger partial charge in [0.2, 0.25) is 5.91 Å². The molecule has 0 fully saturated rings. The van der Waals surface area contributed by atoms with Crippen LogP contribution in [0, 0.1) is 5.92 Å². The minimum atomic E-state index is 0.144. The summed E-state index contributed by atoms with van der Waals surface area (Å²) in [7, 11) is 0. The lowest BCUT2D eigenvalue weighted by atomic mass is 10.2. The first-order chi connectivity index (χ1) is 9.58. The molecule has 20 heavy (non-hydrogen) atoms. The number of hydrogen-bond donors (Lipinski definition) is 2. The van der Waals surface area contributed by atoms with Crippen LogP contribution in [0.15, 0.2) is 29.3 Å². The van der Waals surface area contributed by atoms with Gasteiger partial charge in [0.15, 0.2) is 5.96 Å². The number of aliphatic imine (C=N–C) groups is 1. The third kappa shape index (κ3) is 3.50. The van der Waals surface area contributed by atoms with Crippen molar-refractivity contribution >= 4 is 17.6 Å². The molecule has 1 amide bonds. The Morgan fingerprint density at radius 2 is 2.20 bits per heavy atom. The Labute approximate surface area is 119 Å². The van der Waals surface area contributed by atoms with Crippen LogP contribution in [0.25, 0.3) is 0 Å². The third-order valence-electron chi connectivity index (χ3n) is 3.19. The Balaban J connectivity index is 1.86. The van der Waals surface area contributed by atoms with Crippen LogP contribution in [-0.2, 0) is 11.2 Å². The van der Waals surface area contributed by atoms with Crippen molar-refractivity contribution in [3.63, 3.8) is 0 Å². The smallest absolute Gasteiger partial charge is 0.231 e. The quantitative estimate of drug-likeness (QED) is 0.625. The number of benzene rings is 1. The van der Waals surface area contributed by atoms with E-state index < -0.39 is 0 Å². The van der Waals surface area contributed by atoms with Crippen molar-refractivity contribution in [2.24, 2.45) is 16.6 Å². The van der Waals surface area contributed by atoms with Gasteiger partial charge in [-0.25, -0.2) is 0 Å². The van der Waals surface area contributed by atoms with Gasteiger partial charge >= 0.3 is 0 Å². The Hall–Kier alpha value is -2.04. The number of nitrogens with zero attached hydrogens (tertiary/aromatic N) is 2. The lowest BCUT2D eigenvalue weighted by Crippen LogP contribution is -2.39. The van der Waals surface area contributed by atoms with Gasteiger partial charge in [-0.1, -0.05) is 32.0 Å². The molecule has 0 spiro atoms. The van der Waals surface area contributed by atoms with E-state index in [1.54, 1.807) is 4.90 Å². The second kappa shape index (κ2) is 6.41. The van der Waals surface area contributed by atoms with Crippen molar-refractivity contribution in [3.8, 4) is 0 Å². The Kier molecular flexibility index (Phi) is 4.61. The minimum Gasteiger partial charge on any atom is -0.370 e. The second-order valence-electron chi connectivity index (χ2n) is 5.40. The van der Waals surface area contributed by atoms with E-state index in [0.29, 0.717) is 37.9 Å². The monoisotopic (exact) mass is 274 g/mol. The molecule has 5 nitrogen and oxygen atoms in total. The first kappa shape index (κ1) is 14.4. The van der Waals surface area contributed by atoms with E-state index in [2.05, 4.69) is 24.2 Å². The molecule has 0 saturated heterocycles. The number of carbonyl (C=O) groups is 1. The van der Waals surface area contributed by atoms with Crippen molar-refractivity contribution in [3.05, 3.63) is 29.8 Å². The highest BCUT2D eigenvalue weighted by atomic mass is 16.2. The van der Waals surface area contributed by atoms with E-state index in [-0.39, 0.29) is 5.91 Å². The van der Waals surface area contributed by atoms with Gasteiger partial charge in [-0.05, 0) is 17.5 Å². The molecular formula is C15H22N4O. The fourth-order valence-corrected chi connectivity index (χ4v) is 2.19. The zero-order chi connectivity index (χ0) is 14.5. The minimum absolute atomic E-state index is 0.144. The fourth-order valence-electron chi connectivity index (χ4n) is 2.19. The summed E-state index contributed by atoms with van der Waals surface area (Å²) in [5, 5.41) is 3.05. The maximum absolute atomic E-state index is 12.0. The summed E-state index contributed by atoms with van der Waals surface area (Å²) in [5.41, 5.74) is 7.88. The third-order valence-corrected chi connectivity index (χ3v) is 3.19. The van der Waals surface area contributed by atoms with Crippen molar-refractivity contribution in [1.82, 2.24) is 5.32 Å². The molecule has 0 unspecified atom stereocenters. The molecule has 108 valence electrons. The van der Waals surface area contributed by atoms with Gasteiger partial charge < -0.3 is 16.0 Å². The summed E-state index contributed by atoms with van der Waals surface area (Å²) in [6.07, 6.45) is 0.493. The summed E-state index contributed by atoms with van der Waals surface area (Å²) in [4.78, 5) is 18.0. The van der Waals surface area contributed by atoms with Gasteiger partial charge in [0.25, 0.3) is 0 Å². The van der Waals surface area contributed by atoms with Crippen molar-refractivity contribution < 1.29 is 4.79 Å². The summed E-state index contributed by atoms with van der Waals surface area (Å²) >= 11 is 0. The normalized spacial score (nSPS) is 14.8. The van der Waals surface area contributed by atoms with Crippen LogP contribution < -0.4 is 16.0 Å². The predicted octanol–water partition coefficient (Wildman–Crippen LogP) is 1.14. The lowest BCUT2D eigenvalue weighted by Gasteiger charge is -2.18. The summed E-state index contributed by atoms with van der Waals surface area (Å²) < 4.78 is 0. The second-order valence-corrected chi connectivity index (χ2v) is 5.40. The van der Waals surface area contributed by atoms with Gasteiger partial charge in [-0.3, -0.25) is 9.79 Å². The maximum Gasteiger partial charge on any atom is 0.231 e. The highest BCUT2D eigenvalue weighted by Crippen LogP contribution is 2.27. The molecule has 0 bridgehead atoms. The highest BCUT2D eigenvalue weighted by Gasteiger charge is 2.25. The molecule has 1 aromatic rings. The van der Waals surface area contributed by atoms with Crippen LogP contribution in [0.5, 0.6) is 0 Å². The molecule has 0 atom stereocenters. The predicted molar refractivity (Wildman–Crippen MR) is 81.8 cm³/mol. The van der Waals surface area contributed by atoms with E-state index in [0.717, 1.165) is 11.3 Å². The standard InChI is InChI=1S/C15H22N4O/c1-11(2)10-18-15(16)17-7-8-19-13-6-4-3-5-12(13)9-14(19)20/h3-6,11H,7-10H2,1-2H3,(H3,16,17,18). The average Bonchev–Trinajstić information content (AvgIpc) is 2.73. The summed E-state index contributed by atoms with van der Waals surface area (Å²) in [6, 6.07) is 7.90. The van der Waals surface area contributed by atoms with Crippen molar-refractivity contribution in [2.45, 2.75) is 20.3 Å². The van der Waals surface area contributed by atoms with Crippen LogP contribution in [0.4, 0.5) is 5.69 Å². The van der Waals surface area contributed by atoms with E-state index >= 15 is 0 Å².